The van der Waals surface area contributed by atoms with E-state index < -0.39 is 0 Å². The zero-order valence-corrected chi connectivity index (χ0v) is 16.5. The molecular formula is C26H25N. The van der Waals surface area contributed by atoms with Crippen LogP contribution in [0.2, 0.25) is 0 Å². The number of fused-ring (bicyclic) bond motifs is 1. The highest BCUT2D eigenvalue weighted by atomic mass is 14.2. The molecule has 0 spiro atoms. The molecule has 0 atom stereocenters. The molecule has 0 N–H and O–H groups in total. The van der Waals surface area contributed by atoms with Crippen molar-refractivity contribution in [1.82, 2.24) is 0 Å². The molecule has 3 aromatic carbocycles. The maximum Gasteiger partial charge on any atom is 0.0991 e. The van der Waals surface area contributed by atoms with Gasteiger partial charge in [-0.1, -0.05) is 68.0 Å². The largest absolute Gasteiger partial charge is 0.192 e. The standard InChI is InChI=1S/C26H25N/c1-18(2)5-14-26(19(3)4)25-13-12-23-15-22(10-11-24(23)16-25)21-8-6-20(17-27)7-9-21/h5-16,18H,1-4H3/b14-5-. The average Bonchev–Trinajstić information content (AvgIpc) is 2.67. The lowest BCUT2D eigenvalue weighted by Gasteiger charge is -2.10. The summed E-state index contributed by atoms with van der Waals surface area (Å²) in [6, 6.07) is 23.1. The monoisotopic (exact) mass is 351 g/mol. The van der Waals surface area contributed by atoms with Crippen LogP contribution in [0.5, 0.6) is 0 Å². The Hall–Kier alpha value is -3.11. The lowest BCUT2D eigenvalue weighted by atomic mass is 9.95. The molecule has 0 saturated heterocycles. The Balaban J connectivity index is 2.00. The van der Waals surface area contributed by atoms with Gasteiger partial charge in [0.15, 0.2) is 0 Å². The quantitative estimate of drug-likeness (QED) is 0.450. The third-order valence-corrected chi connectivity index (χ3v) is 4.69. The van der Waals surface area contributed by atoms with E-state index in [4.69, 9.17) is 5.26 Å². The van der Waals surface area contributed by atoms with Crippen molar-refractivity contribution >= 4 is 16.3 Å². The van der Waals surface area contributed by atoms with E-state index in [0.29, 0.717) is 11.5 Å². The molecule has 1 heteroatoms. The van der Waals surface area contributed by atoms with Crippen LogP contribution < -0.4 is 0 Å². The molecule has 0 unspecified atom stereocenters. The Bertz CT molecular complexity index is 1050. The molecular weight excluding hydrogens is 326 g/mol. The van der Waals surface area contributed by atoms with Crippen molar-refractivity contribution in [2.45, 2.75) is 27.7 Å². The topological polar surface area (TPSA) is 23.8 Å². The first kappa shape index (κ1) is 18.7. The number of nitrogens with zero attached hydrogens (tertiary/aromatic N) is 1. The highest BCUT2D eigenvalue weighted by molar-refractivity contribution is 5.91. The summed E-state index contributed by atoms with van der Waals surface area (Å²) in [4.78, 5) is 0. The summed E-state index contributed by atoms with van der Waals surface area (Å²) in [6.45, 7) is 8.73. The Morgan fingerprint density at radius 2 is 1.48 bits per heavy atom. The Morgan fingerprint density at radius 3 is 2.11 bits per heavy atom. The van der Waals surface area contributed by atoms with Crippen LogP contribution in [-0.2, 0) is 0 Å². The second kappa shape index (κ2) is 8.06. The van der Waals surface area contributed by atoms with Gasteiger partial charge in [-0.2, -0.15) is 5.26 Å². The molecule has 134 valence electrons. The van der Waals surface area contributed by atoms with Crippen molar-refractivity contribution in [2.75, 3.05) is 0 Å². The lowest BCUT2D eigenvalue weighted by molar-refractivity contribution is 0.832. The molecule has 0 bridgehead atoms. The third-order valence-electron chi connectivity index (χ3n) is 4.69. The second-order valence-electron chi connectivity index (χ2n) is 7.48. The zero-order valence-electron chi connectivity index (χ0n) is 16.5. The number of hydrogen-bond donors (Lipinski definition) is 0. The number of rotatable bonds is 4. The van der Waals surface area contributed by atoms with Crippen LogP contribution in [0.3, 0.4) is 0 Å². The van der Waals surface area contributed by atoms with Gasteiger partial charge in [-0.15, -0.1) is 0 Å². The minimum absolute atomic E-state index is 0.537. The van der Waals surface area contributed by atoms with Crippen LogP contribution in [-0.4, -0.2) is 0 Å². The van der Waals surface area contributed by atoms with Gasteiger partial charge in [0.2, 0.25) is 0 Å². The van der Waals surface area contributed by atoms with Gasteiger partial charge in [0, 0.05) is 0 Å². The first-order chi connectivity index (χ1) is 13.0. The van der Waals surface area contributed by atoms with Crippen LogP contribution >= 0.6 is 0 Å². The van der Waals surface area contributed by atoms with Gasteiger partial charge < -0.3 is 0 Å². The summed E-state index contributed by atoms with van der Waals surface area (Å²) in [7, 11) is 0. The molecule has 0 aliphatic carbocycles. The van der Waals surface area contributed by atoms with E-state index in [2.05, 4.69) is 82.3 Å². The van der Waals surface area contributed by atoms with Crippen molar-refractivity contribution in [3.63, 3.8) is 0 Å². The first-order valence-electron chi connectivity index (χ1n) is 9.38. The molecule has 3 rings (SSSR count). The molecule has 0 saturated carbocycles. The van der Waals surface area contributed by atoms with E-state index in [9.17, 15) is 0 Å². The second-order valence-corrected chi connectivity index (χ2v) is 7.48. The van der Waals surface area contributed by atoms with Crippen molar-refractivity contribution in [3.8, 4) is 17.2 Å². The van der Waals surface area contributed by atoms with Crippen molar-refractivity contribution in [2.24, 2.45) is 5.92 Å². The van der Waals surface area contributed by atoms with Crippen LogP contribution in [0.15, 0.2) is 78.4 Å². The van der Waals surface area contributed by atoms with E-state index in [1.165, 1.54) is 33.0 Å². The molecule has 0 aliphatic rings. The molecule has 0 heterocycles. The predicted octanol–water partition coefficient (Wildman–Crippen LogP) is 7.38. The summed E-state index contributed by atoms with van der Waals surface area (Å²) in [5, 5.41) is 11.4. The summed E-state index contributed by atoms with van der Waals surface area (Å²) in [5.41, 5.74) is 6.85. The van der Waals surface area contributed by atoms with Gasteiger partial charge in [-0.3, -0.25) is 0 Å². The van der Waals surface area contributed by atoms with Crippen LogP contribution in [0.4, 0.5) is 0 Å². The summed E-state index contributed by atoms with van der Waals surface area (Å²) >= 11 is 0. The maximum absolute atomic E-state index is 8.96. The van der Waals surface area contributed by atoms with Gasteiger partial charge in [0.05, 0.1) is 11.6 Å². The smallest absolute Gasteiger partial charge is 0.0991 e. The van der Waals surface area contributed by atoms with E-state index in [1.54, 1.807) is 0 Å². The SMILES string of the molecule is CC(C)=C(/C=C\C(C)C)c1ccc2cc(-c3ccc(C#N)cc3)ccc2c1. The minimum Gasteiger partial charge on any atom is -0.192 e. The third kappa shape index (κ3) is 4.36. The van der Waals surface area contributed by atoms with Crippen molar-refractivity contribution < 1.29 is 0 Å². The number of nitriles is 1. The Kier molecular flexibility index (Phi) is 5.57. The molecule has 0 aliphatic heterocycles. The average molecular weight is 351 g/mol. The van der Waals surface area contributed by atoms with E-state index in [1.807, 2.05) is 24.3 Å². The van der Waals surface area contributed by atoms with Gasteiger partial charge in [0.1, 0.15) is 0 Å². The van der Waals surface area contributed by atoms with Gasteiger partial charge in [-0.05, 0) is 77.1 Å². The van der Waals surface area contributed by atoms with Crippen LogP contribution in [0.1, 0.15) is 38.8 Å². The van der Waals surface area contributed by atoms with Crippen LogP contribution in [0.25, 0.3) is 27.5 Å². The Morgan fingerprint density at radius 1 is 0.852 bits per heavy atom. The van der Waals surface area contributed by atoms with Gasteiger partial charge >= 0.3 is 0 Å². The molecule has 0 fully saturated rings. The number of allylic oxidation sites excluding steroid dienone is 4. The van der Waals surface area contributed by atoms with Crippen LogP contribution in [0, 0.1) is 17.2 Å². The van der Waals surface area contributed by atoms with Gasteiger partial charge in [0.25, 0.3) is 0 Å². The lowest BCUT2D eigenvalue weighted by Crippen LogP contribution is -1.87. The number of benzene rings is 3. The summed E-state index contributed by atoms with van der Waals surface area (Å²) in [6.07, 6.45) is 4.49. The fraction of sp³-hybridized carbons (Fsp3) is 0.192. The fourth-order valence-corrected chi connectivity index (χ4v) is 3.17. The molecule has 0 radical (unpaired) electrons. The summed E-state index contributed by atoms with van der Waals surface area (Å²) in [5.74, 6) is 0.537. The highest BCUT2D eigenvalue weighted by Crippen LogP contribution is 2.29. The van der Waals surface area contributed by atoms with Crippen molar-refractivity contribution in [1.29, 1.82) is 5.26 Å². The highest BCUT2D eigenvalue weighted by Gasteiger charge is 2.05. The normalized spacial score (nSPS) is 11.1. The molecule has 27 heavy (non-hydrogen) atoms. The zero-order chi connectivity index (χ0) is 19.4. The van der Waals surface area contributed by atoms with E-state index in [0.717, 1.165) is 5.56 Å². The predicted molar refractivity (Wildman–Crippen MR) is 116 cm³/mol. The molecule has 1 nitrogen and oxygen atoms in total. The fourth-order valence-electron chi connectivity index (χ4n) is 3.17. The first-order valence-corrected chi connectivity index (χ1v) is 9.38. The summed E-state index contributed by atoms with van der Waals surface area (Å²) < 4.78 is 0. The van der Waals surface area contributed by atoms with E-state index >= 15 is 0 Å². The molecule has 0 amide bonds. The maximum atomic E-state index is 8.96. The molecule has 0 aromatic heterocycles. The number of hydrogen-bond acceptors (Lipinski definition) is 1. The Labute approximate surface area is 162 Å². The van der Waals surface area contributed by atoms with E-state index in [-0.39, 0.29) is 0 Å². The minimum atomic E-state index is 0.537. The molecule has 3 aromatic rings. The van der Waals surface area contributed by atoms with Gasteiger partial charge in [-0.25, -0.2) is 0 Å². The van der Waals surface area contributed by atoms with Crippen molar-refractivity contribution in [3.05, 3.63) is 89.5 Å².